The van der Waals surface area contributed by atoms with E-state index in [0.717, 1.165) is 17.5 Å². The van der Waals surface area contributed by atoms with Gasteiger partial charge in [0.25, 0.3) is 0 Å². The Hall–Kier alpha value is -2.44. The van der Waals surface area contributed by atoms with Gasteiger partial charge in [-0.15, -0.1) is 12.8 Å². The fourth-order valence-electron chi connectivity index (χ4n) is 1.78. The van der Waals surface area contributed by atoms with Crippen molar-refractivity contribution in [2.24, 2.45) is 0 Å². The summed E-state index contributed by atoms with van der Waals surface area (Å²) in [7, 11) is 0. The highest BCUT2D eigenvalue weighted by molar-refractivity contribution is 5.40. The second-order valence-corrected chi connectivity index (χ2v) is 3.87. The van der Waals surface area contributed by atoms with Crippen molar-refractivity contribution in [3.05, 3.63) is 70.8 Å². The van der Waals surface area contributed by atoms with E-state index in [2.05, 4.69) is 24.0 Å². The van der Waals surface area contributed by atoms with Crippen LogP contribution >= 0.6 is 0 Å². The minimum atomic E-state index is 0.852. The van der Waals surface area contributed by atoms with Crippen molar-refractivity contribution in [3.8, 4) is 24.7 Å². The molecule has 0 unspecified atom stereocenters. The SMILES string of the molecule is C#Cc1cccc(Cc2cccc(C#C)c2)c1. The van der Waals surface area contributed by atoms with Crippen molar-refractivity contribution in [2.45, 2.75) is 6.42 Å². The molecule has 0 atom stereocenters. The third kappa shape index (κ3) is 2.77. The van der Waals surface area contributed by atoms with Gasteiger partial charge in [-0.05, 0) is 41.8 Å². The van der Waals surface area contributed by atoms with Gasteiger partial charge in [0, 0.05) is 11.1 Å². The van der Waals surface area contributed by atoms with Crippen molar-refractivity contribution in [1.29, 1.82) is 0 Å². The van der Waals surface area contributed by atoms with Crippen LogP contribution in [0.2, 0.25) is 0 Å². The van der Waals surface area contributed by atoms with E-state index in [-0.39, 0.29) is 0 Å². The first-order valence-electron chi connectivity index (χ1n) is 5.43. The molecular weight excluding hydrogens is 204 g/mol. The van der Waals surface area contributed by atoms with Gasteiger partial charge in [-0.2, -0.15) is 0 Å². The molecule has 0 aliphatic heterocycles. The van der Waals surface area contributed by atoms with E-state index in [1.807, 2.05) is 36.4 Å². The van der Waals surface area contributed by atoms with Gasteiger partial charge in [-0.25, -0.2) is 0 Å². The Labute approximate surface area is 102 Å². The van der Waals surface area contributed by atoms with Gasteiger partial charge in [-0.1, -0.05) is 36.1 Å². The standard InChI is InChI=1S/C17H12/c1-3-14-7-5-9-16(11-14)13-17-10-6-8-15(4-2)12-17/h1-2,5-12H,13H2. The van der Waals surface area contributed by atoms with Crippen molar-refractivity contribution in [3.63, 3.8) is 0 Å². The second-order valence-electron chi connectivity index (χ2n) is 3.87. The van der Waals surface area contributed by atoms with Gasteiger partial charge in [0.2, 0.25) is 0 Å². The van der Waals surface area contributed by atoms with Crippen LogP contribution in [0.25, 0.3) is 0 Å². The fourth-order valence-corrected chi connectivity index (χ4v) is 1.78. The predicted octanol–water partition coefficient (Wildman–Crippen LogP) is 3.24. The first-order valence-corrected chi connectivity index (χ1v) is 5.43. The second kappa shape index (κ2) is 5.06. The molecule has 2 aromatic rings. The smallest absolute Gasteiger partial charge is 0.0245 e. The predicted molar refractivity (Wildman–Crippen MR) is 71.6 cm³/mol. The average molecular weight is 216 g/mol. The molecule has 0 heteroatoms. The lowest BCUT2D eigenvalue weighted by Gasteiger charge is -2.03. The Morgan fingerprint density at radius 3 is 1.65 bits per heavy atom. The minimum absolute atomic E-state index is 0.852. The Kier molecular flexibility index (Phi) is 3.29. The number of terminal acetylenes is 2. The number of rotatable bonds is 2. The first-order chi connectivity index (χ1) is 8.31. The van der Waals surface area contributed by atoms with Crippen molar-refractivity contribution in [1.82, 2.24) is 0 Å². The Morgan fingerprint density at radius 1 is 0.765 bits per heavy atom. The maximum absolute atomic E-state index is 5.38. The summed E-state index contributed by atoms with van der Waals surface area (Å²) in [5, 5.41) is 0. The van der Waals surface area contributed by atoms with Crippen LogP contribution in [0.1, 0.15) is 22.3 Å². The van der Waals surface area contributed by atoms with Crippen molar-refractivity contribution >= 4 is 0 Å². The summed E-state index contributed by atoms with van der Waals surface area (Å²) < 4.78 is 0. The summed E-state index contributed by atoms with van der Waals surface area (Å²) in [5.74, 6) is 5.29. The molecule has 0 nitrogen and oxygen atoms in total. The molecule has 2 aromatic carbocycles. The van der Waals surface area contributed by atoms with E-state index < -0.39 is 0 Å². The van der Waals surface area contributed by atoms with Crippen LogP contribution in [0.3, 0.4) is 0 Å². The zero-order chi connectivity index (χ0) is 12.1. The fraction of sp³-hybridized carbons (Fsp3) is 0.0588. The zero-order valence-corrected chi connectivity index (χ0v) is 9.48. The molecule has 0 N–H and O–H groups in total. The molecule has 0 fully saturated rings. The zero-order valence-electron chi connectivity index (χ0n) is 9.48. The summed E-state index contributed by atoms with van der Waals surface area (Å²) in [4.78, 5) is 0. The lowest BCUT2D eigenvalue weighted by Crippen LogP contribution is -1.89. The lowest BCUT2D eigenvalue weighted by atomic mass is 10.0. The molecule has 0 radical (unpaired) electrons. The maximum atomic E-state index is 5.38. The quantitative estimate of drug-likeness (QED) is 0.676. The van der Waals surface area contributed by atoms with E-state index in [1.165, 1.54) is 11.1 Å². The molecule has 2 rings (SSSR count). The van der Waals surface area contributed by atoms with E-state index >= 15 is 0 Å². The summed E-state index contributed by atoms with van der Waals surface area (Å²) in [6.45, 7) is 0. The molecule has 0 amide bonds. The highest BCUT2D eigenvalue weighted by atomic mass is 14.0. The average Bonchev–Trinajstić information content (AvgIpc) is 2.39. The molecule has 0 aromatic heterocycles. The van der Waals surface area contributed by atoms with E-state index in [9.17, 15) is 0 Å². The van der Waals surface area contributed by atoms with Gasteiger partial charge >= 0.3 is 0 Å². The van der Waals surface area contributed by atoms with Crippen LogP contribution in [0.5, 0.6) is 0 Å². The normalized spacial score (nSPS) is 9.29. The summed E-state index contributed by atoms with van der Waals surface area (Å²) in [5.41, 5.74) is 4.23. The van der Waals surface area contributed by atoms with Gasteiger partial charge in [-0.3, -0.25) is 0 Å². The third-order valence-electron chi connectivity index (χ3n) is 2.60. The minimum Gasteiger partial charge on any atom is -0.115 e. The Bertz CT molecular complexity index is 551. The van der Waals surface area contributed by atoms with Crippen LogP contribution in [0, 0.1) is 24.7 Å². The van der Waals surface area contributed by atoms with Gasteiger partial charge < -0.3 is 0 Å². The number of benzene rings is 2. The number of hydrogen-bond donors (Lipinski definition) is 0. The Morgan fingerprint density at radius 2 is 1.24 bits per heavy atom. The summed E-state index contributed by atoms with van der Waals surface area (Å²) in [6.07, 6.45) is 11.6. The molecule has 0 saturated carbocycles. The summed E-state index contributed by atoms with van der Waals surface area (Å²) >= 11 is 0. The molecule has 17 heavy (non-hydrogen) atoms. The van der Waals surface area contributed by atoms with Crippen LogP contribution in [0.15, 0.2) is 48.5 Å². The molecule has 0 heterocycles. The van der Waals surface area contributed by atoms with Crippen molar-refractivity contribution in [2.75, 3.05) is 0 Å². The largest absolute Gasteiger partial charge is 0.115 e. The Balaban J connectivity index is 2.26. The van der Waals surface area contributed by atoms with Gasteiger partial charge in [0.05, 0.1) is 0 Å². The van der Waals surface area contributed by atoms with Gasteiger partial charge in [0.15, 0.2) is 0 Å². The maximum Gasteiger partial charge on any atom is 0.0245 e. The summed E-state index contributed by atoms with van der Waals surface area (Å²) in [6, 6.07) is 16.0. The first kappa shape index (κ1) is 11.1. The molecule has 0 bridgehead atoms. The lowest BCUT2D eigenvalue weighted by molar-refractivity contribution is 1.19. The van der Waals surface area contributed by atoms with E-state index in [0.29, 0.717) is 0 Å². The van der Waals surface area contributed by atoms with Crippen LogP contribution < -0.4 is 0 Å². The molecular formula is C17H12. The van der Waals surface area contributed by atoms with Crippen LogP contribution in [-0.2, 0) is 6.42 Å². The highest BCUT2D eigenvalue weighted by Gasteiger charge is 1.98. The third-order valence-corrected chi connectivity index (χ3v) is 2.60. The molecule has 0 saturated heterocycles. The van der Waals surface area contributed by atoms with Crippen molar-refractivity contribution < 1.29 is 0 Å². The number of hydrogen-bond acceptors (Lipinski definition) is 0. The molecule has 0 spiro atoms. The van der Waals surface area contributed by atoms with Crippen LogP contribution in [0.4, 0.5) is 0 Å². The van der Waals surface area contributed by atoms with Gasteiger partial charge in [0.1, 0.15) is 0 Å². The monoisotopic (exact) mass is 216 g/mol. The molecule has 80 valence electrons. The highest BCUT2D eigenvalue weighted by Crippen LogP contribution is 2.12. The van der Waals surface area contributed by atoms with E-state index in [1.54, 1.807) is 0 Å². The molecule has 0 aliphatic rings. The molecule has 0 aliphatic carbocycles. The van der Waals surface area contributed by atoms with Crippen LogP contribution in [-0.4, -0.2) is 0 Å². The van der Waals surface area contributed by atoms with E-state index in [4.69, 9.17) is 12.8 Å². The topological polar surface area (TPSA) is 0 Å².